The summed E-state index contributed by atoms with van der Waals surface area (Å²) in [4.78, 5) is 42.7. The summed E-state index contributed by atoms with van der Waals surface area (Å²) in [7, 11) is 0. The van der Waals surface area contributed by atoms with Gasteiger partial charge in [0.15, 0.2) is 0 Å². The number of hydrogen-bond acceptors (Lipinski definition) is 4. The van der Waals surface area contributed by atoms with Gasteiger partial charge in [-0.05, 0) is 80.7 Å². The molecule has 1 aliphatic rings. The van der Waals surface area contributed by atoms with E-state index in [1.165, 1.54) is 6.08 Å². The van der Waals surface area contributed by atoms with Gasteiger partial charge < -0.3 is 16.0 Å². The van der Waals surface area contributed by atoms with Crippen LogP contribution in [0.15, 0.2) is 71.0 Å². The number of nitrogens with zero attached hydrogens (tertiary/aromatic N) is 1. The molecule has 0 bridgehead atoms. The molecule has 230 valence electrons. The highest BCUT2D eigenvalue weighted by atomic mass is 19.1. The first kappa shape index (κ1) is 36.2. The van der Waals surface area contributed by atoms with E-state index in [4.69, 9.17) is 0 Å². The Labute approximate surface area is 251 Å². The molecule has 7 nitrogen and oxygen atoms in total. The number of halogens is 1. The lowest BCUT2D eigenvalue weighted by atomic mass is 9.99. The van der Waals surface area contributed by atoms with Crippen LogP contribution in [0.1, 0.15) is 78.4 Å². The molecule has 3 unspecified atom stereocenters. The molecule has 3 atom stereocenters. The molecule has 0 fully saturated rings. The molecule has 2 rings (SSSR count). The van der Waals surface area contributed by atoms with Crippen LogP contribution in [0.4, 0.5) is 4.39 Å². The molecule has 1 aliphatic heterocycles. The third-order valence-electron chi connectivity index (χ3n) is 7.15. The molecular weight excluding hydrogens is 531 g/mol. The molecule has 8 heteroatoms. The average Bonchev–Trinajstić information content (AvgIpc) is 2.96. The third kappa shape index (κ3) is 11.6. The summed E-state index contributed by atoms with van der Waals surface area (Å²) in [6.07, 6.45) is 8.18. The minimum Gasteiger partial charge on any atom is -0.350 e. The van der Waals surface area contributed by atoms with Crippen molar-refractivity contribution in [1.29, 1.82) is 0 Å². The van der Waals surface area contributed by atoms with Gasteiger partial charge in [0, 0.05) is 24.4 Å². The number of nitrogens with one attached hydrogen (secondary N) is 3. The summed E-state index contributed by atoms with van der Waals surface area (Å²) in [6, 6.07) is 4.76. The highest BCUT2D eigenvalue weighted by Crippen LogP contribution is 2.15. The molecule has 1 aromatic rings. The maximum Gasteiger partial charge on any atom is 0.270 e. The number of aliphatic imine (C=N–C) groups is 1. The Balaban J connectivity index is 0.000000738. The first-order valence-electron chi connectivity index (χ1n) is 14.7. The first-order chi connectivity index (χ1) is 19.9. The molecule has 3 N–H and O–H groups in total. The summed E-state index contributed by atoms with van der Waals surface area (Å²) in [6.45, 7) is 21.0. The first-order valence-corrected chi connectivity index (χ1v) is 14.7. The van der Waals surface area contributed by atoms with Crippen molar-refractivity contribution < 1.29 is 18.8 Å². The zero-order valence-electron chi connectivity index (χ0n) is 26.4. The van der Waals surface area contributed by atoms with Crippen LogP contribution in [-0.2, 0) is 20.8 Å². The third-order valence-corrected chi connectivity index (χ3v) is 7.15. The fourth-order valence-corrected chi connectivity index (χ4v) is 4.06. The second-order valence-corrected chi connectivity index (χ2v) is 10.8. The van der Waals surface area contributed by atoms with Gasteiger partial charge in [-0.3, -0.25) is 19.4 Å². The van der Waals surface area contributed by atoms with Crippen molar-refractivity contribution in [3.05, 3.63) is 83.0 Å². The zero-order valence-corrected chi connectivity index (χ0v) is 26.4. The topological polar surface area (TPSA) is 99.7 Å². The standard InChI is InChI=1S/C25H38N4O3.C9H11F/c1-8-17(6)14-26-22(16(4)5)25(32)29-21-13-11-12-18(7)23(30)28-20(10-3)19(9-2)15-27-24(21)31;1-3-8-6-4-5-7(2)9(8)10/h9-10,14,17-18,21H,2-3,8,11-13,15H2,1,4-7H3,(H,27,31)(H,28,30)(H,29,32);4-6H,3H2,1-2H3/b20-19-,26-14?;. The normalized spacial score (nSPS) is 20.5. The summed E-state index contributed by atoms with van der Waals surface area (Å²) in [5.74, 6) is -0.836. The Hall–Kier alpha value is -3.81. The highest BCUT2D eigenvalue weighted by molar-refractivity contribution is 5.98. The maximum atomic E-state index is 13.0. The van der Waals surface area contributed by atoms with Gasteiger partial charge in [-0.15, -0.1) is 0 Å². The van der Waals surface area contributed by atoms with Gasteiger partial charge in [0.1, 0.15) is 17.6 Å². The number of rotatable bonds is 8. The molecule has 0 saturated heterocycles. The number of aryl methyl sites for hydroxylation is 2. The van der Waals surface area contributed by atoms with Gasteiger partial charge >= 0.3 is 0 Å². The van der Waals surface area contributed by atoms with E-state index in [-0.39, 0.29) is 41.9 Å². The molecule has 42 heavy (non-hydrogen) atoms. The van der Waals surface area contributed by atoms with Crippen molar-refractivity contribution >= 4 is 23.9 Å². The Morgan fingerprint density at radius 1 is 1.17 bits per heavy atom. The Kier molecular flexibility index (Phi) is 16.0. The molecule has 3 amide bonds. The van der Waals surface area contributed by atoms with Crippen LogP contribution < -0.4 is 16.0 Å². The van der Waals surface area contributed by atoms with Gasteiger partial charge in [0.05, 0.1) is 0 Å². The lowest BCUT2D eigenvalue weighted by molar-refractivity contribution is -0.127. The predicted octanol–water partition coefficient (Wildman–Crippen LogP) is 6.26. The molecule has 0 spiro atoms. The number of amides is 3. The number of benzene rings is 1. The Morgan fingerprint density at radius 2 is 1.86 bits per heavy atom. The lowest BCUT2D eigenvalue weighted by Gasteiger charge is -2.22. The van der Waals surface area contributed by atoms with Gasteiger partial charge in [0.2, 0.25) is 11.8 Å². The van der Waals surface area contributed by atoms with Crippen LogP contribution in [0.5, 0.6) is 0 Å². The fourth-order valence-electron chi connectivity index (χ4n) is 4.06. The number of hydrogen-bond donors (Lipinski definition) is 3. The van der Waals surface area contributed by atoms with Crippen LogP contribution in [-0.4, -0.2) is 36.5 Å². The SMILES string of the molecule is C=C/C1=C(\C=C)NC(=O)C(C)CCCC(NC(=O)C(N=CC(C)CC)=C(C)C)C(=O)NC1.CCc1cccc(C)c1F. The van der Waals surface area contributed by atoms with Crippen molar-refractivity contribution in [2.24, 2.45) is 16.8 Å². The van der Waals surface area contributed by atoms with Crippen LogP contribution in [0, 0.1) is 24.6 Å². The van der Waals surface area contributed by atoms with Crippen molar-refractivity contribution in [2.75, 3.05) is 6.54 Å². The van der Waals surface area contributed by atoms with E-state index in [0.29, 0.717) is 36.2 Å². The Bertz CT molecular complexity index is 1210. The molecular formula is C34H49FN4O3. The van der Waals surface area contributed by atoms with Crippen LogP contribution in [0.25, 0.3) is 0 Å². The van der Waals surface area contributed by atoms with E-state index in [1.807, 2.05) is 46.8 Å². The zero-order chi connectivity index (χ0) is 31.8. The molecule has 0 saturated carbocycles. The minimum atomic E-state index is -0.733. The van der Waals surface area contributed by atoms with Crippen molar-refractivity contribution in [3.63, 3.8) is 0 Å². The van der Waals surface area contributed by atoms with Crippen molar-refractivity contribution in [2.45, 2.75) is 86.6 Å². The number of carbonyl (C=O) groups excluding carboxylic acids is 3. The van der Waals surface area contributed by atoms with Gasteiger partial charge in [0.25, 0.3) is 5.91 Å². The van der Waals surface area contributed by atoms with Crippen LogP contribution in [0.3, 0.4) is 0 Å². The van der Waals surface area contributed by atoms with Gasteiger partial charge in [-0.1, -0.05) is 71.5 Å². The van der Waals surface area contributed by atoms with Gasteiger partial charge in [-0.2, -0.15) is 0 Å². The summed E-state index contributed by atoms with van der Waals surface area (Å²) < 4.78 is 13.0. The Morgan fingerprint density at radius 3 is 2.40 bits per heavy atom. The van der Waals surface area contributed by atoms with Crippen LogP contribution >= 0.6 is 0 Å². The fraction of sp³-hybridized carbons (Fsp3) is 0.471. The quantitative estimate of drug-likeness (QED) is 0.250. The average molecular weight is 581 g/mol. The summed E-state index contributed by atoms with van der Waals surface area (Å²) in [5, 5.41) is 8.54. The predicted molar refractivity (Wildman–Crippen MR) is 170 cm³/mol. The monoisotopic (exact) mass is 580 g/mol. The van der Waals surface area contributed by atoms with E-state index in [2.05, 4.69) is 41.0 Å². The van der Waals surface area contributed by atoms with Crippen molar-refractivity contribution in [3.8, 4) is 0 Å². The van der Waals surface area contributed by atoms with Crippen LogP contribution in [0.2, 0.25) is 0 Å². The molecule has 0 radical (unpaired) electrons. The molecule has 0 aromatic heterocycles. The number of carbonyl (C=O) groups is 3. The van der Waals surface area contributed by atoms with E-state index in [1.54, 1.807) is 25.3 Å². The lowest BCUT2D eigenvalue weighted by Crippen LogP contribution is -2.48. The highest BCUT2D eigenvalue weighted by Gasteiger charge is 2.25. The second-order valence-electron chi connectivity index (χ2n) is 10.8. The van der Waals surface area contributed by atoms with E-state index < -0.39 is 6.04 Å². The summed E-state index contributed by atoms with van der Waals surface area (Å²) >= 11 is 0. The second kappa shape index (κ2) is 18.6. The van der Waals surface area contributed by atoms with E-state index in [9.17, 15) is 18.8 Å². The maximum absolute atomic E-state index is 13.0. The van der Waals surface area contributed by atoms with Crippen molar-refractivity contribution in [1.82, 2.24) is 16.0 Å². The molecule has 0 aliphatic carbocycles. The smallest absolute Gasteiger partial charge is 0.270 e. The molecule has 1 aromatic carbocycles. The number of allylic oxidation sites excluding steroid dienone is 2. The van der Waals surface area contributed by atoms with Gasteiger partial charge in [-0.25, -0.2) is 4.39 Å². The largest absolute Gasteiger partial charge is 0.350 e. The summed E-state index contributed by atoms with van der Waals surface area (Å²) in [5.41, 5.74) is 3.79. The minimum absolute atomic E-state index is 0.0509. The molecule has 1 heterocycles. The van der Waals surface area contributed by atoms with E-state index >= 15 is 0 Å². The van der Waals surface area contributed by atoms with E-state index in [0.717, 1.165) is 29.5 Å².